The van der Waals surface area contributed by atoms with Crippen molar-refractivity contribution in [3.05, 3.63) is 0 Å². The smallest absolute Gasteiger partial charge is 0.277 e. The molecule has 1 atom stereocenters. The Morgan fingerprint density at radius 3 is 2.55 bits per heavy atom. The highest BCUT2D eigenvalue weighted by Crippen LogP contribution is 2.18. The molecule has 1 fully saturated rings. The molecule has 3 N–H and O–H groups in total. The number of likely N-dealkylation sites (tertiary alicyclic amines) is 1. The molecule has 0 aromatic heterocycles. The molecular weight excluding hydrogens is 341 g/mol. The molecule has 2 amide bonds. The van der Waals surface area contributed by atoms with E-state index in [9.17, 15) is 18.4 Å². The van der Waals surface area contributed by atoms with Gasteiger partial charge in [-0.2, -0.15) is 0 Å². The highest BCUT2D eigenvalue weighted by atomic mass is 35.5. The van der Waals surface area contributed by atoms with Crippen molar-refractivity contribution < 1.29 is 18.4 Å². The lowest BCUT2D eigenvalue weighted by atomic mass is 10.1. The molecule has 1 heterocycles. The van der Waals surface area contributed by atoms with Gasteiger partial charge in [-0.05, 0) is 14.1 Å². The maximum atomic E-state index is 12.9. The Morgan fingerprint density at radius 2 is 2.05 bits per heavy atom. The van der Waals surface area contributed by atoms with Crippen LogP contribution in [0.2, 0.25) is 0 Å². The van der Waals surface area contributed by atoms with Gasteiger partial charge in [0.15, 0.2) is 0 Å². The summed E-state index contributed by atoms with van der Waals surface area (Å²) in [6, 6.07) is 0. The zero-order valence-corrected chi connectivity index (χ0v) is 14.3. The minimum absolute atomic E-state index is 0. The number of rotatable bonds is 7. The average Bonchev–Trinajstić information content (AvgIpc) is 2.75. The molecule has 132 valence electrons. The van der Waals surface area contributed by atoms with Gasteiger partial charge in [0.05, 0.1) is 19.0 Å². The number of nitrogens with one attached hydrogen (secondary N) is 1. The van der Waals surface area contributed by atoms with Crippen molar-refractivity contribution in [2.45, 2.75) is 12.3 Å². The van der Waals surface area contributed by atoms with Gasteiger partial charge in [-0.3, -0.25) is 9.59 Å². The van der Waals surface area contributed by atoms with Crippen LogP contribution in [-0.4, -0.2) is 74.4 Å². The van der Waals surface area contributed by atoms with E-state index in [4.69, 9.17) is 5.73 Å². The highest BCUT2D eigenvalue weighted by molar-refractivity contribution is 5.89. The van der Waals surface area contributed by atoms with Crippen molar-refractivity contribution in [2.24, 2.45) is 11.7 Å². The third kappa shape index (κ3) is 7.53. The normalized spacial score (nSPS) is 18.0. The fourth-order valence-corrected chi connectivity index (χ4v) is 1.92. The van der Waals surface area contributed by atoms with Crippen LogP contribution >= 0.6 is 24.8 Å². The molecule has 1 aliphatic rings. The lowest BCUT2D eigenvalue weighted by Gasteiger charge is -2.19. The lowest BCUT2D eigenvalue weighted by Crippen LogP contribution is -2.44. The van der Waals surface area contributed by atoms with Gasteiger partial charge in [0, 0.05) is 26.1 Å². The van der Waals surface area contributed by atoms with Crippen molar-refractivity contribution >= 4 is 36.6 Å². The molecule has 10 heteroatoms. The van der Waals surface area contributed by atoms with E-state index in [1.165, 1.54) is 0 Å². The Balaban J connectivity index is 0. The zero-order valence-electron chi connectivity index (χ0n) is 12.7. The molecule has 0 saturated carbocycles. The predicted molar refractivity (Wildman–Crippen MR) is 84.7 cm³/mol. The maximum absolute atomic E-state index is 12.9. The van der Waals surface area contributed by atoms with Crippen LogP contribution in [-0.2, 0) is 9.59 Å². The number of hydrogen-bond donors (Lipinski definition) is 2. The highest BCUT2D eigenvalue weighted by Gasteiger charge is 2.35. The Bertz CT molecular complexity index is 373. The fraction of sp³-hybridized carbons (Fsp3) is 0.833. The second-order valence-electron chi connectivity index (χ2n) is 5.32. The van der Waals surface area contributed by atoms with Crippen molar-refractivity contribution in [3.8, 4) is 0 Å². The van der Waals surface area contributed by atoms with Crippen molar-refractivity contribution in [1.82, 2.24) is 15.1 Å². The van der Waals surface area contributed by atoms with Crippen molar-refractivity contribution in [3.63, 3.8) is 0 Å². The van der Waals surface area contributed by atoms with E-state index in [0.29, 0.717) is 13.1 Å². The van der Waals surface area contributed by atoms with Crippen molar-refractivity contribution in [2.75, 3.05) is 46.8 Å². The number of nitrogens with zero attached hydrogens (tertiary/aromatic N) is 2. The Kier molecular flexibility index (Phi) is 10.9. The van der Waals surface area contributed by atoms with Gasteiger partial charge in [0.2, 0.25) is 11.8 Å². The summed E-state index contributed by atoms with van der Waals surface area (Å²) in [4.78, 5) is 27.0. The lowest BCUT2D eigenvalue weighted by molar-refractivity contribution is -0.129. The van der Waals surface area contributed by atoms with Gasteiger partial charge in [0.25, 0.3) is 5.92 Å². The van der Waals surface area contributed by atoms with Crippen molar-refractivity contribution in [1.29, 1.82) is 0 Å². The summed E-state index contributed by atoms with van der Waals surface area (Å²) in [5, 5.41) is 2.16. The van der Waals surface area contributed by atoms with Gasteiger partial charge >= 0.3 is 0 Å². The molecule has 0 aromatic carbocycles. The Morgan fingerprint density at radius 1 is 1.45 bits per heavy atom. The van der Waals surface area contributed by atoms with Gasteiger partial charge in [-0.1, -0.05) is 0 Å². The second kappa shape index (κ2) is 10.1. The molecule has 0 radical (unpaired) electrons. The number of carbonyl (C=O) groups excluding carboxylic acids is 2. The van der Waals surface area contributed by atoms with Crippen LogP contribution in [0.1, 0.15) is 6.42 Å². The monoisotopic (exact) mass is 364 g/mol. The molecule has 0 aliphatic carbocycles. The molecule has 1 rings (SSSR count). The minimum Gasteiger partial charge on any atom is -0.350 e. The van der Waals surface area contributed by atoms with E-state index >= 15 is 0 Å². The average molecular weight is 365 g/mol. The summed E-state index contributed by atoms with van der Waals surface area (Å²) >= 11 is 0. The number of halogens is 4. The largest absolute Gasteiger partial charge is 0.350 e. The number of hydrogen-bond acceptors (Lipinski definition) is 4. The first-order valence-corrected chi connectivity index (χ1v) is 6.53. The summed E-state index contributed by atoms with van der Waals surface area (Å²) in [6.07, 6.45) is 0.0768. The van der Waals surface area contributed by atoms with Crippen LogP contribution in [0.5, 0.6) is 0 Å². The van der Waals surface area contributed by atoms with E-state index in [0.717, 1.165) is 0 Å². The number of nitrogens with two attached hydrogens (primary N) is 1. The Labute approximate surface area is 141 Å². The first-order valence-electron chi connectivity index (χ1n) is 6.53. The van der Waals surface area contributed by atoms with Gasteiger partial charge in [-0.15, -0.1) is 24.8 Å². The van der Waals surface area contributed by atoms with Crippen LogP contribution in [0.15, 0.2) is 0 Å². The number of alkyl halides is 2. The first kappa shape index (κ1) is 23.6. The molecule has 1 saturated heterocycles. The van der Waals surface area contributed by atoms with Crippen LogP contribution in [0.25, 0.3) is 0 Å². The molecule has 0 spiro atoms. The molecule has 22 heavy (non-hydrogen) atoms. The number of amides is 2. The first-order chi connectivity index (χ1) is 9.25. The van der Waals surface area contributed by atoms with Crippen LogP contribution in [0.4, 0.5) is 8.78 Å². The molecule has 6 nitrogen and oxygen atoms in total. The molecule has 0 bridgehead atoms. The third-order valence-corrected chi connectivity index (χ3v) is 3.22. The summed E-state index contributed by atoms with van der Waals surface area (Å²) in [6.45, 7) is -0.0802. The third-order valence-electron chi connectivity index (χ3n) is 3.22. The standard InChI is InChI=1S/C12H22F2N4O2.2ClH/c1-17(2)3-4-18-6-9(5-10(18)19)11(20)16-8-12(13,14)7-15;;/h9H,3-8,15H2,1-2H3,(H,16,20);2*1H. The number of carbonyl (C=O) groups is 2. The quantitative estimate of drug-likeness (QED) is 0.663. The minimum atomic E-state index is -3.11. The Hall–Kier alpha value is -0.700. The van der Waals surface area contributed by atoms with E-state index in [1.807, 2.05) is 19.0 Å². The summed E-state index contributed by atoms with van der Waals surface area (Å²) in [5.74, 6) is -4.29. The van der Waals surface area contributed by atoms with Crippen LogP contribution in [0, 0.1) is 5.92 Å². The molecular formula is C12H24Cl2F2N4O2. The van der Waals surface area contributed by atoms with E-state index < -0.39 is 30.8 Å². The topological polar surface area (TPSA) is 78.7 Å². The van der Waals surface area contributed by atoms with Crippen LogP contribution < -0.4 is 11.1 Å². The van der Waals surface area contributed by atoms with E-state index in [2.05, 4.69) is 5.32 Å². The fourth-order valence-electron chi connectivity index (χ4n) is 1.92. The summed E-state index contributed by atoms with van der Waals surface area (Å²) < 4.78 is 25.9. The second-order valence-corrected chi connectivity index (χ2v) is 5.32. The van der Waals surface area contributed by atoms with Gasteiger partial charge in [0.1, 0.15) is 0 Å². The predicted octanol–water partition coefficient (Wildman–Crippen LogP) is -0.0497. The zero-order chi connectivity index (χ0) is 15.3. The number of likely N-dealkylation sites (N-methyl/N-ethyl adjacent to an activating group) is 1. The van der Waals surface area contributed by atoms with Crippen LogP contribution in [0.3, 0.4) is 0 Å². The summed E-state index contributed by atoms with van der Waals surface area (Å²) in [7, 11) is 3.78. The molecule has 1 unspecified atom stereocenters. The molecule has 0 aromatic rings. The SMILES string of the molecule is CN(C)CCN1CC(C(=O)NCC(F)(F)CN)CC1=O.Cl.Cl. The maximum Gasteiger partial charge on any atom is 0.277 e. The molecule has 1 aliphatic heterocycles. The van der Waals surface area contributed by atoms with Gasteiger partial charge in [-0.25, -0.2) is 8.78 Å². The van der Waals surface area contributed by atoms with Gasteiger partial charge < -0.3 is 20.9 Å². The summed E-state index contributed by atoms with van der Waals surface area (Å²) in [5.41, 5.74) is 4.89. The van der Waals surface area contributed by atoms with E-state index in [-0.39, 0.29) is 43.7 Å². The van der Waals surface area contributed by atoms with E-state index in [1.54, 1.807) is 4.90 Å².